The molecule has 5 heteroatoms. The van der Waals surface area contributed by atoms with Crippen LogP contribution in [0.25, 0.3) is 0 Å². The van der Waals surface area contributed by atoms with Gasteiger partial charge in [0.2, 0.25) is 5.91 Å². The fourth-order valence-electron chi connectivity index (χ4n) is 3.89. The highest BCUT2D eigenvalue weighted by Crippen LogP contribution is 2.26. The van der Waals surface area contributed by atoms with Crippen molar-refractivity contribution in [2.24, 2.45) is 0 Å². The van der Waals surface area contributed by atoms with Gasteiger partial charge in [-0.3, -0.25) is 9.69 Å². The van der Waals surface area contributed by atoms with Crippen LogP contribution < -0.4 is 5.32 Å². The standard InChI is InChI=1S/C25H26N4O/c1-20(30)27-25-13-16-26-29(25)24-14-17-28(18-15-24)19-23-10-6-5-9-22(23)12-11-21-7-3-2-4-8-21/h2-10,13,16,24H,14-15,17-19H2,1H3,(H,27,30). The second-order valence-electron chi connectivity index (χ2n) is 7.62. The van der Waals surface area contributed by atoms with Crippen LogP contribution in [0.1, 0.15) is 42.5 Å². The van der Waals surface area contributed by atoms with E-state index in [0.29, 0.717) is 6.04 Å². The Morgan fingerprint density at radius 2 is 1.77 bits per heavy atom. The molecule has 30 heavy (non-hydrogen) atoms. The van der Waals surface area contributed by atoms with Crippen LogP contribution in [-0.2, 0) is 11.3 Å². The molecule has 0 bridgehead atoms. The van der Waals surface area contributed by atoms with Crippen molar-refractivity contribution < 1.29 is 4.79 Å². The average molecular weight is 399 g/mol. The van der Waals surface area contributed by atoms with Gasteiger partial charge in [-0.15, -0.1) is 0 Å². The second-order valence-corrected chi connectivity index (χ2v) is 7.62. The van der Waals surface area contributed by atoms with Crippen LogP contribution in [0.4, 0.5) is 5.82 Å². The largest absolute Gasteiger partial charge is 0.311 e. The number of benzene rings is 2. The summed E-state index contributed by atoms with van der Waals surface area (Å²) in [5, 5.41) is 7.30. The highest BCUT2D eigenvalue weighted by atomic mass is 16.1. The van der Waals surface area contributed by atoms with Crippen LogP contribution in [-0.4, -0.2) is 33.7 Å². The monoisotopic (exact) mass is 398 g/mol. The topological polar surface area (TPSA) is 50.2 Å². The Morgan fingerprint density at radius 1 is 1.03 bits per heavy atom. The van der Waals surface area contributed by atoms with Gasteiger partial charge in [0.15, 0.2) is 0 Å². The molecule has 0 aliphatic carbocycles. The Bertz CT molecular complexity index is 1050. The Balaban J connectivity index is 1.40. The van der Waals surface area contributed by atoms with Crippen molar-refractivity contribution >= 4 is 11.7 Å². The zero-order valence-electron chi connectivity index (χ0n) is 17.2. The van der Waals surface area contributed by atoms with Crippen LogP contribution in [0.3, 0.4) is 0 Å². The summed E-state index contributed by atoms with van der Waals surface area (Å²) in [4.78, 5) is 13.9. The summed E-state index contributed by atoms with van der Waals surface area (Å²) < 4.78 is 1.96. The van der Waals surface area contributed by atoms with Crippen molar-refractivity contribution in [3.8, 4) is 11.8 Å². The molecule has 3 aromatic rings. The number of nitrogens with one attached hydrogen (secondary N) is 1. The second kappa shape index (κ2) is 9.43. The van der Waals surface area contributed by atoms with Gasteiger partial charge in [-0.2, -0.15) is 5.10 Å². The lowest BCUT2D eigenvalue weighted by molar-refractivity contribution is -0.114. The highest BCUT2D eigenvalue weighted by molar-refractivity contribution is 5.87. The van der Waals surface area contributed by atoms with Gasteiger partial charge < -0.3 is 5.32 Å². The molecule has 0 unspecified atom stereocenters. The molecule has 0 saturated carbocycles. The molecule has 0 spiro atoms. The van der Waals surface area contributed by atoms with Crippen molar-refractivity contribution in [1.82, 2.24) is 14.7 Å². The number of piperidine rings is 1. The van der Waals surface area contributed by atoms with E-state index in [9.17, 15) is 4.79 Å². The number of anilines is 1. The highest BCUT2D eigenvalue weighted by Gasteiger charge is 2.23. The van der Waals surface area contributed by atoms with E-state index in [2.05, 4.69) is 45.4 Å². The van der Waals surface area contributed by atoms with Crippen molar-refractivity contribution in [3.05, 3.63) is 83.6 Å². The number of carbonyl (C=O) groups excluding carboxylic acids is 1. The van der Waals surface area contributed by atoms with Gasteiger partial charge in [-0.05, 0) is 36.6 Å². The molecule has 1 aliphatic heterocycles. The molecule has 4 rings (SSSR count). The first kappa shape index (κ1) is 19.9. The molecule has 1 aromatic heterocycles. The number of aromatic nitrogens is 2. The molecule has 2 aromatic carbocycles. The summed E-state index contributed by atoms with van der Waals surface area (Å²) in [5.74, 6) is 7.33. The normalized spacial score (nSPS) is 14.7. The number of hydrogen-bond acceptors (Lipinski definition) is 3. The van der Waals surface area contributed by atoms with Gasteiger partial charge in [0, 0.05) is 43.8 Å². The molecular formula is C25H26N4O. The number of amides is 1. The number of rotatable bonds is 4. The maximum atomic E-state index is 11.4. The first-order valence-corrected chi connectivity index (χ1v) is 10.4. The SMILES string of the molecule is CC(=O)Nc1ccnn1C1CCN(Cc2ccccc2C#Cc2ccccc2)CC1. The first-order valence-electron chi connectivity index (χ1n) is 10.4. The van der Waals surface area contributed by atoms with E-state index in [1.807, 2.05) is 47.1 Å². The van der Waals surface area contributed by atoms with E-state index >= 15 is 0 Å². The van der Waals surface area contributed by atoms with Gasteiger partial charge in [0.25, 0.3) is 0 Å². The molecule has 5 nitrogen and oxygen atoms in total. The number of hydrogen-bond donors (Lipinski definition) is 1. The molecule has 0 atom stereocenters. The van der Waals surface area contributed by atoms with Gasteiger partial charge in [-0.25, -0.2) is 4.68 Å². The molecule has 1 aliphatic rings. The number of likely N-dealkylation sites (tertiary alicyclic amines) is 1. The van der Waals surface area contributed by atoms with E-state index in [4.69, 9.17) is 0 Å². The van der Waals surface area contributed by atoms with Gasteiger partial charge in [-0.1, -0.05) is 48.2 Å². The van der Waals surface area contributed by atoms with Crippen LogP contribution in [0.2, 0.25) is 0 Å². The van der Waals surface area contributed by atoms with Crippen LogP contribution in [0, 0.1) is 11.8 Å². The van der Waals surface area contributed by atoms with E-state index in [0.717, 1.165) is 49.4 Å². The van der Waals surface area contributed by atoms with Gasteiger partial charge >= 0.3 is 0 Å². The maximum absolute atomic E-state index is 11.4. The van der Waals surface area contributed by atoms with Crippen molar-refractivity contribution in [1.29, 1.82) is 0 Å². The Morgan fingerprint density at radius 3 is 2.53 bits per heavy atom. The predicted octanol–water partition coefficient (Wildman–Crippen LogP) is 4.08. The zero-order valence-corrected chi connectivity index (χ0v) is 17.2. The minimum absolute atomic E-state index is 0.0672. The lowest BCUT2D eigenvalue weighted by Crippen LogP contribution is -2.35. The van der Waals surface area contributed by atoms with Crippen molar-refractivity contribution in [2.45, 2.75) is 32.4 Å². The third kappa shape index (κ3) is 4.97. The van der Waals surface area contributed by atoms with Crippen molar-refractivity contribution in [3.63, 3.8) is 0 Å². The predicted molar refractivity (Wildman–Crippen MR) is 119 cm³/mol. The third-order valence-electron chi connectivity index (χ3n) is 5.40. The van der Waals surface area contributed by atoms with E-state index in [1.165, 1.54) is 12.5 Å². The average Bonchev–Trinajstić information content (AvgIpc) is 3.22. The van der Waals surface area contributed by atoms with Crippen LogP contribution in [0.15, 0.2) is 66.9 Å². The molecule has 1 fully saturated rings. The Kier molecular flexibility index (Phi) is 6.26. The molecular weight excluding hydrogens is 372 g/mol. The molecule has 1 N–H and O–H groups in total. The quantitative estimate of drug-likeness (QED) is 0.674. The Labute approximate surface area is 177 Å². The molecule has 1 saturated heterocycles. The lowest BCUT2D eigenvalue weighted by atomic mass is 10.0. The molecule has 2 heterocycles. The maximum Gasteiger partial charge on any atom is 0.222 e. The Hall–Kier alpha value is -3.36. The summed E-state index contributed by atoms with van der Waals surface area (Å²) in [6.07, 6.45) is 3.76. The minimum atomic E-state index is -0.0672. The smallest absolute Gasteiger partial charge is 0.222 e. The summed E-state index contributed by atoms with van der Waals surface area (Å²) >= 11 is 0. The third-order valence-corrected chi connectivity index (χ3v) is 5.40. The van der Waals surface area contributed by atoms with Crippen molar-refractivity contribution in [2.75, 3.05) is 18.4 Å². The molecule has 1 amide bonds. The summed E-state index contributed by atoms with van der Waals surface area (Å²) in [7, 11) is 0. The molecule has 152 valence electrons. The minimum Gasteiger partial charge on any atom is -0.311 e. The first-order chi connectivity index (χ1) is 14.7. The summed E-state index contributed by atoms with van der Waals surface area (Å²) in [5.41, 5.74) is 3.38. The lowest BCUT2D eigenvalue weighted by Gasteiger charge is -2.32. The van der Waals surface area contributed by atoms with Crippen LogP contribution in [0.5, 0.6) is 0 Å². The van der Waals surface area contributed by atoms with Gasteiger partial charge in [0.1, 0.15) is 5.82 Å². The fourth-order valence-corrected chi connectivity index (χ4v) is 3.89. The fraction of sp³-hybridized carbons (Fsp3) is 0.280. The number of nitrogens with zero attached hydrogens (tertiary/aromatic N) is 3. The van der Waals surface area contributed by atoms with E-state index < -0.39 is 0 Å². The zero-order chi connectivity index (χ0) is 20.8. The van der Waals surface area contributed by atoms with Crippen LogP contribution >= 0.6 is 0 Å². The van der Waals surface area contributed by atoms with Gasteiger partial charge in [0.05, 0.1) is 12.2 Å². The summed E-state index contributed by atoms with van der Waals surface area (Å²) in [6, 6.07) is 20.7. The van der Waals surface area contributed by atoms with E-state index in [-0.39, 0.29) is 5.91 Å². The van der Waals surface area contributed by atoms with E-state index in [1.54, 1.807) is 6.20 Å². The summed E-state index contributed by atoms with van der Waals surface area (Å²) in [6.45, 7) is 4.40. The number of carbonyl (C=O) groups is 1. The molecule has 0 radical (unpaired) electrons.